The molecule has 0 fully saturated rings. The normalized spacial score (nSPS) is 14.1. The molecule has 0 rings (SSSR count). The van der Waals surface area contributed by atoms with Crippen LogP contribution in [0, 0.1) is 0 Å². The lowest BCUT2D eigenvalue weighted by atomic mass is 10.1. The van der Waals surface area contributed by atoms with Gasteiger partial charge >= 0.3 is 6.09 Å². The summed E-state index contributed by atoms with van der Waals surface area (Å²) < 4.78 is 10.7. The van der Waals surface area contributed by atoms with Gasteiger partial charge in [-0.05, 0) is 48.0 Å². The maximum Gasteiger partial charge on any atom is 0.410 e. The van der Waals surface area contributed by atoms with E-state index in [1.165, 1.54) is 0 Å². The van der Waals surface area contributed by atoms with Crippen molar-refractivity contribution in [2.75, 3.05) is 34.3 Å². The van der Waals surface area contributed by atoms with Crippen molar-refractivity contribution in [3.8, 4) is 0 Å². The smallest absolute Gasteiger partial charge is 0.410 e. The Morgan fingerprint density at radius 2 is 1.79 bits per heavy atom. The molecule has 24 heavy (non-hydrogen) atoms. The Morgan fingerprint density at radius 3 is 2.25 bits per heavy atom. The molecule has 0 saturated heterocycles. The number of hydrogen-bond donors (Lipinski definition) is 2. The van der Waals surface area contributed by atoms with Gasteiger partial charge in [0.15, 0.2) is 5.96 Å². The SMILES string of the molecule is CN=C(NCCC(C)N(C)C(=O)OC(C)(C)C)NCC(C)(C)OC. The topological polar surface area (TPSA) is 75.2 Å². The molecule has 0 spiro atoms. The number of methoxy groups -OCH3 is 1. The van der Waals surface area contributed by atoms with Crippen molar-refractivity contribution in [3.05, 3.63) is 0 Å². The summed E-state index contributed by atoms with van der Waals surface area (Å²) in [6.07, 6.45) is 0.476. The van der Waals surface area contributed by atoms with E-state index in [4.69, 9.17) is 9.47 Å². The van der Waals surface area contributed by atoms with E-state index in [0.29, 0.717) is 19.0 Å². The van der Waals surface area contributed by atoms with E-state index >= 15 is 0 Å². The first-order chi connectivity index (χ1) is 10.9. The van der Waals surface area contributed by atoms with Crippen molar-refractivity contribution < 1.29 is 14.3 Å². The first-order valence-corrected chi connectivity index (χ1v) is 8.37. The molecule has 2 N–H and O–H groups in total. The van der Waals surface area contributed by atoms with Gasteiger partial charge in [-0.1, -0.05) is 0 Å². The van der Waals surface area contributed by atoms with Crippen molar-refractivity contribution in [1.29, 1.82) is 0 Å². The quantitative estimate of drug-likeness (QED) is 0.547. The molecule has 0 aromatic rings. The van der Waals surface area contributed by atoms with Crippen LogP contribution in [0.4, 0.5) is 4.79 Å². The third-order valence-electron chi connectivity index (χ3n) is 3.65. The van der Waals surface area contributed by atoms with E-state index in [2.05, 4.69) is 15.6 Å². The second-order valence-corrected chi connectivity index (χ2v) is 7.55. The maximum atomic E-state index is 12.0. The van der Waals surface area contributed by atoms with Crippen LogP contribution in [0.5, 0.6) is 0 Å². The molecular weight excluding hydrogens is 308 g/mol. The van der Waals surface area contributed by atoms with Crippen LogP contribution in [-0.2, 0) is 9.47 Å². The largest absolute Gasteiger partial charge is 0.444 e. The summed E-state index contributed by atoms with van der Waals surface area (Å²) in [6.45, 7) is 12.9. The van der Waals surface area contributed by atoms with E-state index in [-0.39, 0.29) is 17.7 Å². The Balaban J connectivity index is 4.26. The van der Waals surface area contributed by atoms with E-state index in [9.17, 15) is 4.79 Å². The van der Waals surface area contributed by atoms with Crippen molar-refractivity contribution in [3.63, 3.8) is 0 Å². The Bertz CT molecular complexity index is 417. The number of amides is 1. The van der Waals surface area contributed by atoms with Gasteiger partial charge in [-0.25, -0.2) is 4.79 Å². The van der Waals surface area contributed by atoms with Crippen LogP contribution in [0.1, 0.15) is 48.0 Å². The van der Waals surface area contributed by atoms with Gasteiger partial charge in [-0.15, -0.1) is 0 Å². The number of aliphatic imine (C=N–C) groups is 1. The minimum absolute atomic E-state index is 0.0564. The number of carbonyl (C=O) groups is 1. The second-order valence-electron chi connectivity index (χ2n) is 7.55. The molecule has 0 bridgehead atoms. The standard InChI is InChI=1S/C17H36N4O3/c1-13(21(8)15(22)24-16(2,3)4)10-11-19-14(18-7)20-12-17(5,6)23-9/h13H,10-12H2,1-9H3,(H2,18,19,20). The average Bonchev–Trinajstić information content (AvgIpc) is 2.47. The second kappa shape index (κ2) is 9.71. The monoisotopic (exact) mass is 344 g/mol. The molecule has 0 aliphatic heterocycles. The number of ether oxygens (including phenoxy) is 2. The highest BCUT2D eigenvalue weighted by molar-refractivity contribution is 5.79. The third kappa shape index (κ3) is 9.60. The zero-order valence-electron chi connectivity index (χ0n) is 16.8. The highest BCUT2D eigenvalue weighted by atomic mass is 16.6. The predicted octanol–water partition coefficient (Wildman–Crippen LogP) is 2.22. The minimum Gasteiger partial charge on any atom is -0.444 e. The van der Waals surface area contributed by atoms with Gasteiger partial charge in [0.05, 0.1) is 5.60 Å². The Hall–Kier alpha value is -1.50. The van der Waals surface area contributed by atoms with Crippen LogP contribution in [0.3, 0.4) is 0 Å². The molecule has 1 amide bonds. The van der Waals surface area contributed by atoms with E-state index in [1.54, 1.807) is 26.1 Å². The maximum absolute atomic E-state index is 12.0. The van der Waals surface area contributed by atoms with Crippen LogP contribution in [-0.4, -0.2) is 68.5 Å². The molecule has 7 nitrogen and oxygen atoms in total. The van der Waals surface area contributed by atoms with Crippen molar-refractivity contribution in [2.45, 2.75) is 65.2 Å². The van der Waals surface area contributed by atoms with Crippen molar-refractivity contribution >= 4 is 12.1 Å². The lowest BCUT2D eigenvalue weighted by Gasteiger charge is -2.29. The molecule has 0 heterocycles. The number of guanidine groups is 1. The van der Waals surface area contributed by atoms with Crippen LogP contribution >= 0.6 is 0 Å². The fourth-order valence-electron chi connectivity index (χ4n) is 1.70. The van der Waals surface area contributed by atoms with Crippen LogP contribution < -0.4 is 10.6 Å². The van der Waals surface area contributed by atoms with Crippen molar-refractivity contribution in [2.24, 2.45) is 4.99 Å². The molecule has 7 heteroatoms. The van der Waals surface area contributed by atoms with Gasteiger partial charge in [0.25, 0.3) is 0 Å². The highest BCUT2D eigenvalue weighted by Gasteiger charge is 2.22. The molecule has 0 aliphatic carbocycles. The van der Waals surface area contributed by atoms with Crippen LogP contribution in [0.25, 0.3) is 0 Å². The number of hydrogen-bond acceptors (Lipinski definition) is 4. The summed E-state index contributed by atoms with van der Waals surface area (Å²) in [5.41, 5.74) is -0.745. The summed E-state index contributed by atoms with van der Waals surface area (Å²) in [7, 11) is 5.17. The minimum atomic E-state index is -0.483. The summed E-state index contributed by atoms with van der Waals surface area (Å²) in [5, 5.41) is 6.47. The summed E-state index contributed by atoms with van der Waals surface area (Å²) >= 11 is 0. The molecule has 0 aliphatic rings. The van der Waals surface area contributed by atoms with E-state index < -0.39 is 5.60 Å². The molecule has 0 saturated carbocycles. The first kappa shape index (κ1) is 22.5. The number of nitrogens with one attached hydrogen (secondary N) is 2. The summed E-state index contributed by atoms with van der Waals surface area (Å²) in [4.78, 5) is 17.8. The Labute approximate surface area is 147 Å². The van der Waals surface area contributed by atoms with Crippen LogP contribution in [0.15, 0.2) is 4.99 Å². The zero-order valence-corrected chi connectivity index (χ0v) is 16.8. The van der Waals surface area contributed by atoms with Gasteiger partial charge in [0.2, 0.25) is 0 Å². The predicted molar refractivity (Wildman–Crippen MR) is 98.5 cm³/mol. The average molecular weight is 345 g/mol. The zero-order chi connectivity index (χ0) is 19.0. The fourth-order valence-corrected chi connectivity index (χ4v) is 1.70. The molecule has 0 radical (unpaired) electrons. The number of rotatable bonds is 7. The molecule has 0 aromatic heterocycles. The van der Waals surface area contributed by atoms with Gasteiger partial charge in [-0.2, -0.15) is 0 Å². The molecule has 0 aromatic carbocycles. The van der Waals surface area contributed by atoms with Crippen molar-refractivity contribution in [1.82, 2.24) is 15.5 Å². The third-order valence-corrected chi connectivity index (χ3v) is 3.65. The number of carbonyl (C=O) groups excluding carboxylic acids is 1. The molecule has 1 unspecified atom stereocenters. The Morgan fingerprint density at radius 1 is 1.21 bits per heavy atom. The molecule has 1 atom stereocenters. The van der Waals surface area contributed by atoms with Gasteiger partial charge < -0.3 is 25.0 Å². The Kier molecular flexibility index (Phi) is 9.11. The highest BCUT2D eigenvalue weighted by Crippen LogP contribution is 2.11. The fraction of sp³-hybridized carbons (Fsp3) is 0.882. The molecular formula is C17H36N4O3. The van der Waals surface area contributed by atoms with E-state index in [0.717, 1.165) is 6.42 Å². The number of nitrogens with zero attached hydrogens (tertiary/aromatic N) is 2. The summed E-state index contributed by atoms with van der Waals surface area (Å²) in [5.74, 6) is 0.715. The van der Waals surface area contributed by atoms with Gasteiger partial charge in [-0.3, -0.25) is 4.99 Å². The lowest BCUT2D eigenvalue weighted by molar-refractivity contribution is 0.0228. The van der Waals surface area contributed by atoms with Gasteiger partial charge in [0.1, 0.15) is 5.60 Å². The summed E-state index contributed by atoms with van der Waals surface area (Å²) in [6, 6.07) is 0.0564. The lowest BCUT2D eigenvalue weighted by Crippen LogP contribution is -2.46. The first-order valence-electron chi connectivity index (χ1n) is 8.37. The van der Waals surface area contributed by atoms with Gasteiger partial charge in [0, 0.05) is 40.3 Å². The van der Waals surface area contributed by atoms with Crippen LogP contribution in [0.2, 0.25) is 0 Å². The molecule has 142 valence electrons. The van der Waals surface area contributed by atoms with E-state index in [1.807, 2.05) is 41.5 Å².